The average Bonchev–Trinajstić information content (AvgIpc) is 2.04. The zero-order valence-electron chi connectivity index (χ0n) is 7.93. The highest BCUT2D eigenvalue weighted by molar-refractivity contribution is 4.80. The van der Waals surface area contributed by atoms with Crippen molar-refractivity contribution < 1.29 is 0 Å². The van der Waals surface area contributed by atoms with Crippen molar-refractivity contribution in [2.45, 2.75) is 26.3 Å². The van der Waals surface area contributed by atoms with Crippen molar-refractivity contribution in [2.24, 2.45) is 5.92 Å². The van der Waals surface area contributed by atoms with E-state index in [0.29, 0.717) is 0 Å². The summed E-state index contributed by atoms with van der Waals surface area (Å²) in [5, 5.41) is 3.37. The lowest BCUT2D eigenvalue weighted by Crippen LogP contribution is -2.46. The summed E-state index contributed by atoms with van der Waals surface area (Å²) in [6.07, 6.45) is 1.31. The molecule has 1 rings (SSSR count). The van der Waals surface area contributed by atoms with Gasteiger partial charge in [0.1, 0.15) is 0 Å². The van der Waals surface area contributed by atoms with E-state index < -0.39 is 0 Å². The fourth-order valence-corrected chi connectivity index (χ4v) is 1.95. The molecule has 0 unspecified atom stereocenters. The first-order valence-electron chi connectivity index (χ1n) is 4.67. The van der Waals surface area contributed by atoms with E-state index in [4.69, 9.17) is 0 Å². The summed E-state index contributed by atoms with van der Waals surface area (Å²) < 4.78 is 0. The predicted octanol–water partition coefficient (Wildman–Crippen LogP) is 0.936. The second-order valence-corrected chi connectivity index (χ2v) is 3.55. The lowest BCUT2D eigenvalue weighted by atomic mass is 9.94. The van der Waals surface area contributed by atoms with E-state index in [1.54, 1.807) is 0 Å². The molecule has 1 heterocycles. The van der Waals surface area contributed by atoms with Crippen molar-refractivity contribution >= 4 is 0 Å². The molecule has 0 aliphatic carbocycles. The number of nitrogens with zero attached hydrogens (tertiary/aromatic N) is 1. The van der Waals surface area contributed by atoms with Crippen molar-refractivity contribution in [2.75, 3.05) is 26.7 Å². The molecule has 0 spiro atoms. The molecule has 0 saturated carbocycles. The summed E-state index contributed by atoms with van der Waals surface area (Å²) in [6.45, 7) is 8.32. The Hall–Kier alpha value is -0.0800. The molecule has 0 radical (unpaired) electrons. The molecule has 1 N–H and O–H groups in total. The highest BCUT2D eigenvalue weighted by atomic mass is 15.1. The van der Waals surface area contributed by atoms with Crippen LogP contribution >= 0.6 is 0 Å². The third-order valence-electron chi connectivity index (χ3n) is 2.81. The molecule has 2 heteroatoms. The van der Waals surface area contributed by atoms with E-state index >= 15 is 0 Å². The summed E-state index contributed by atoms with van der Waals surface area (Å²) in [6, 6.07) is 0.748. The smallest absolute Gasteiger partial charge is 0.0114 e. The third kappa shape index (κ3) is 2.17. The molecule has 0 bridgehead atoms. The largest absolute Gasteiger partial charge is 0.317 e. The molecule has 0 aromatic heterocycles. The van der Waals surface area contributed by atoms with Gasteiger partial charge in [-0.25, -0.2) is 0 Å². The van der Waals surface area contributed by atoms with E-state index in [9.17, 15) is 0 Å². The van der Waals surface area contributed by atoms with Crippen LogP contribution in [0.1, 0.15) is 20.3 Å². The molecule has 1 aliphatic heterocycles. The van der Waals surface area contributed by atoms with Crippen molar-refractivity contribution in [3.8, 4) is 0 Å². The van der Waals surface area contributed by atoms with Gasteiger partial charge in [-0.3, -0.25) is 0 Å². The van der Waals surface area contributed by atoms with Crippen LogP contribution in [0.5, 0.6) is 0 Å². The van der Waals surface area contributed by atoms with Gasteiger partial charge in [0, 0.05) is 12.6 Å². The highest BCUT2D eigenvalue weighted by Crippen LogP contribution is 2.15. The molecule has 1 aliphatic rings. The first kappa shape index (κ1) is 9.01. The van der Waals surface area contributed by atoms with Crippen LogP contribution in [0.2, 0.25) is 0 Å². The van der Waals surface area contributed by atoms with E-state index in [1.165, 1.54) is 26.1 Å². The van der Waals surface area contributed by atoms with Gasteiger partial charge in [0.05, 0.1) is 0 Å². The Morgan fingerprint density at radius 2 is 2.27 bits per heavy atom. The molecule has 11 heavy (non-hydrogen) atoms. The van der Waals surface area contributed by atoms with Crippen molar-refractivity contribution in [1.82, 2.24) is 10.2 Å². The monoisotopic (exact) mass is 156 g/mol. The van der Waals surface area contributed by atoms with Gasteiger partial charge in [-0.1, -0.05) is 13.8 Å². The topological polar surface area (TPSA) is 15.3 Å². The van der Waals surface area contributed by atoms with Gasteiger partial charge in [-0.15, -0.1) is 0 Å². The van der Waals surface area contributed by atoms with Crippen LogP contribution in [0.15, 0.2) is 0 Å². The fourth-order valence-electron chi connectivity index (χ4n) is 1.95. The minimum Gasteiger partial charge on any atom is -0.317 e. The standard InChI is InChI=1S/C9H20N2/c1-4-11-6-5-9(10-3)8(2)7-11/h8-10H,4-7H2,1-3H3/t8-,9+/m0/s1. The maximum atomic E-state index is 3.37. The molecular formula is C9H20N2. The fraction of sp³-hybridized carbons (Fsp3) is 1.00. The van der Waals surface area contributed by atoms with Crippen molar-refractivity contribution in [3.63, 3.8) is 0 Å². The summed E-state index contributed by atoms with van der Waals surface area (Å²) in [5.41, 5.74) is 0. The highest BCUT2D eigenvalue weighted by Gasteiger charge is 2.23. The Labute approximate surface area is 70.0 Å². The van der Waals surface area contributed by atoms with Crippen molar-refractivity contribution in [1.29, 1.82) is 0 Å². The van der Waals surface area contributed by atoms with Crippen LogP contribution in [-0.4, -0.2) is 37.6 Å². The predicted molar refractivity (Wildman–Crippen MR) is 48.7 cm³/mol. The summed E-state index contributed by atoms with van der Waals surface area (Å²) >= 11 is 0. The van der Waals surface area contributed by atoms with Gasteiger partial charge in [0.25, 0.3) is 0 Å². The average molecular weight is 156 g/mol. The van der Waals surface area contributed by atoms with E-state index in [2.05, 4.69) is 31.1 Å². The van der Waals surface area contributed by atoms with Gasteiger partial charge < -0.3 is 10.2 Å². The van der Waals surface area contributed by atoms with Crippen molar-refractivity contribution in [3.05, 3.63) is 0 Å². The first-order valence-corrected chi connectivity index (χ1v) is 4.67. The van der Waals surface area contributed by atoms with Crippen LogP contribution in [0.3, 0.4) is 0 Å². The normalized spacial score (nSPS) is 34.1. The third-order valence-corrected chi connectivity index (χ3v) is 2.81. The summed E-state index contributed by atoms with van der Waals surface area (Å²) in [5.74, 6) is 0.814. The van der Waals surface area contributed by atoms with Crippen LogP contribution in [0.4, 0.5) is 0 Å². The van der Waals surface area contributed by atoms with Crippen LogP contribution < -0.4 is 5.32 Å². The molecule has 2 atom stereocenters. The van der Waals surface area contributed by atoms with Crippen LogP contribution in [-0.2, 0) is 0 Å². The minimum atomic E-state index is 0.748. The summed E-state index contributed by atoms with van der Waals surface area (Å²) in [7, 11) is 2.07. The lowest BCUT2D eigenvalue weighted by Gasteiger charge is -2.36. The zero-order chi connectivity index (χ0) is 8.27. The van der Waals surface area contributed by atoms with Crippen LogP contribution in [0, 0.1) is 5.92 Å². The number of likely N-dealkylation sites (tertiary alicyclic amines) is 1. The summed E-state index contributed by atoms with van der Waals surface area (Å²) in [4.78, 5) is 2.53. The van der Waals surface area contributed by atoms with Gasteiger partial charge in [0.2, 0.25) is 0 Å². The Kier molecular flexibility index (Phi) is 3.34. The SMILES string of the molecule is CCN1CC[C@@H](NC)[C@@H](C)C1. The van der Waals surface area contributed by atoms with E-state index in [0.717, 1.165) is 12.0 Å². The maximum Gasteiger partial charge on any atom is 0.0114 e. The number of piperidine rings is 1. The molecule has 1 saturated heterocycles. The molecular weight excluding hydrogens is 136 g/mol. The lowest BCUT2D eigenvalue weighted by molar-refractivity contribution is 0.158. The Morgan fingerprint density at radius 3 is 2.73 bits per heavy atom. The molecule has 0 aromatic carbocycles. The second kappa shape index (κ2) is 4.07. The van der Waals surface area contributed by atoms with Crippen LogP contribution in [0.25, 0.3) is 0 Å². The number of hydrogen-bond donors (Lipinski definition) is 1. The van der Waals surface area contributed by atoms with E-state index in [-0.39, 0.29) is 0 Å². The first-order chi connectivity index (χ1) is 5.27. The zero-order valence-corrected chi connectivity index (χ0v) is 7.93. The van der Waals surface area contributed by atoms with Gasteiger partial charge in [0.15, 0.2) is 0 Å². The minimum absolute atomic E-state index is 0.748. The molecule has 66 valence electrons. The van der Waals surface area contributed by atoms with E-state index in [1.807, 2.05) is 0 Å². The molecule has 0 amide bonds. The van der Waals surface area contributed by atoms with Gasteiger partial charge in [-0.05, 0) is 32.5 Å². The maximum absolute atomic E-state index is 3.37. The number of hydrogen-bond acceptors (Lipinski definition) is 2. The Bertz CT molecular complexity index is 114. The Balaban J connectivity index is 2.34. The number of nitrogens with one attached hydrogen (secondary N) is 1. The Morgan fingerprint density at radius 1 is 1.55 bits per heavy atom. The molecule has 0 aromatic rings. The number of rotatable bonds is 2. The molecule has 2 nitrogen and oxygen atoms in total. The second-order valence-electron chi connectivity index (χ2n) is 3.55. The quantitative estimate of drug-likeness (QED) is 0.640. The van der Waals surface area contributed by atoms with Gasteiger partial charge >= 0.3 is 0 Å². The van der Waals surface area contributed by atoms with Gasteiger partial charge in [-0.2, -0.15) is 0 Å². The molecule has 1 fully saturated rings.